The molecular weight excluding hydrogens is 314 g/mol. The van der Waals surface area contributed by atoms with Crippen molar-refractivity contribution in [2.75, 3.05) is 19.6 Å². The van der Waals surface area contributed by atoms with Gasteiger partial charge in [-0.05, 0) is 37.1 Å². The number of hydrogen-bond donors (Lipinski definition) is 2. The van der Waals surface area contributed by atoms with Gasteiger partial charge in [-0.3, -0.25) is 9.59 Å². The summed E-state index contributed by atoms with van der Waals surface area (Å²) in [5, 5.41) is 6.79. The van der Waals surface area contributed by atoms with Gasteiger partial charge in [-0.15, -0.1) is 0 Å². The molecule has 0 radical (unpaired) electrons. The summed E-state index contributed by atoms with van der Waals surface area (Å²) in [6.07, 6.45) is 2.88. The molecule has 3 N–H and O–H groups in total. The number of nitrogens with one attached hydrogen (secondary N) is 1. The summed E-state index contributed by atoms with van der Waals surface area (Å²) < 4.78 is 5.68. The maximum atomic E-state index is 12.5. The molecule has 2 fully saturated rings. The van der Waals surface area contributed by atoms with Crippen LogP contribution in [0.4, 0.5) is 0 Å². The lowest BCUT2D eigenvalue weighted by Gasteiger charge is -2.33. The molecule has 2 amide bonds. The SMILES string of the molecule is NC[C@H]1CC[C@@H](C(=O)N2CCC(NC(=O)c3ccsc3)CC2)O1. The average Bonchev–Trinajstić information content (AvgIpc) is 3.26. The first-order valence-corrected chi connectivity index (χ1v) is 9.09. The van der Waals surface area contributed by atoms with Gasteiger partial charge in [-0.25, -0.2) is 0 Å². The van der Waals surface area contributed by atoms with E-state index in [1.807, 2.05) is 21.7 Å². The van der Waals surface area contributed by atoms with E-state index in [2.05, 4.69) is 5.32 Å². The van der Waals surface area contributed by atoms with Gasteiger partial charge >= 0.3 is 0 Å². The average molecular weight is 337 g/mol. The van der Waals surface area contributed by atoms with E-state index in [4.69, 9.17) is 10.5 Å². The molecule has 2 saturated heterocycles. The first-order valence-electron chi connectivity index (χ1n) is 8.14. The van der Waals surface area contributed by atoms with Crippen LogP contribution in [-0.2, 0) is 9.53 Å². The minimum atomic E-state index is -0.333. The number of nitrogens with zero attached hydrogens (tertiary/aromatic N) is 1. The van der Waals surface area contributed by atoms with Crippen LogP contribution in [-0.4, -0.2) is 54.6 Å². The van der Waals surface area contributed by atoms with Crippen molar-refractivity contribution in [1.82, 2.24) is 10.2 Å². The van der Waals surface area contributed by atoms with E-state index < -0.39 is 0 Å². The second-order valence-corrected chi connectivity index (χ2v) is 6.92. The van der Waals surface area contributed by atoms with Crippen LogP contribution in [0.5, 0.6) is 0 Å². The van der Waals surface area contributed by atoms with Gasteiger partial charge in [-0.1, -0.05) is 0 Å². The number of ether oxygens (including phenoxy) is 1. The highest BCUT2D eigenvalue weighted by molar-refractivity contribution is 7.08. The highest BCUT2D eigenvalue weighted by Crippen LogP contribution is 2.22. The van der Waals surface area contributed by atoms with E-state index >= 15 is 0 Å². The summed E-state index contributed by atoms with van der Waals surface area (Å²) in [6, 6.07) is 1.96. The first kappa shape index (κ1) is 16.4. The molecule has 2 aliphatic rings. The largest absolute Gasteiger partial charge is 0.364 e. The monoisotopic (exact) mass is 337 g/mol. The summed E-state index contributed by atoms with van der Waals surface area (Å²) in [5.41, 5.74) is 6.30. The third kappa shape index (κ3) is 3.91. The topological polar surface area (TPSA) is 84.7 Å². The number of thiophene rings is 1. The van der Waals surface area contributed by atoms with Crippen LogP contribution in [0.25, 0.3) is 0 Å². The quantitative estimate of drug-likeness (QED) is 0.857. The van der Waals surface area contributed by atoms with Gasteiger partial charge in [0.05, 0.1) is 6.10 Å². The van der Waals surface area contributed by atoms with Gasteiger partial charge < -0.3 is 20.7 Å². The van der Waals surface area contributed by atoms with Crippen molar-refractivity contribution in [1.29, 1.82) is 0 Å². The minimum absolute atomic E-state index is 0.0198. The van der Waals surface area contributed by atoms with Gasteiger partial charge in [0.25, 0.3) is 11.8 Å². The third-order valence-electron chi connectivity index (χ3n) is 4.57. The Labute approximate surface area is 140 Å². The number of amides is 2. The third-order valence-corrected chi connectivity index (χ3v) is 5.25. The minimum Gasteiger partial charge on any atom is -0.364 e. The molecule has 0 spiro atoms. The number of carbonyl (C=O) groups excluding carboxylic acids is 2. The summed E-state index contributed by atoms with van der Waals surface area (Å²) >= 11 is 1.51. The lowest BCUT2D eigenvalue weighted by atomic mass is 10.0. The summed E-state index contributed by atoms with van der Waals surface area (Å²) in [6.45, 7) is 1.81. The zero-order valence-corrected chi connectivity index (χ0v) is 13.9. The second kappa shape index (κ2) is 7.42. The van der Waals surface area contributed by atoms with E-state index in [-0.39, 0.29) is 30.1 Å². The molecular formula is C16H23N3O3S. The number of hydrogen-bond acceptors (Lipinski definition) is 5. The van der Waals surface area contributed by atoms with E-state index in [0.29, 0.717) is 25.2 Å². The molecule has 0 saturated carbocycles. The Morgan fingerprint density at radius 2 is 2.09 bits per heavy atom. The Kier molecular flexibility index (Phi) is 5.30. The predicted molar refractivity (Wildman–Crippen MR) is 88.3 cm³/mol. The molecule has 23 heavy (non-hydrogen) atoms. The maximum Gasteiger partial charge on any atom is 0.252 e. The Balaban J connectivity index is 1.45. The Morgan fingerprint density at radius 3 is 2.70 bits per heavy atom. The Bertz CT molecular complexity index is 541. The van der Waals surface area contributed by atoms with Gasteiger partial charge in [0, 0.05) is 36.6 Å². The van der Waals surface area contributed by atoms with Crippen LogP contribution < -0.4 is 11.1 Å². The zero-order valence-electron chi connectivity index (χ0n) is 13.1. The first-order chi connectivity index (χ1) is 11.2. The summed E-state index contributed by atoms with van der Waals surface area (Å²) in [7, 11) is 0. The van der Waals surface area contributed by atoms with Crippen LogP contribution in [0.2, 0.25) is 0 Å². The van der Waals surface area contributed by atoms with Crippen molar-refractivity contribution in [3.8, 4) is 0 Å². The smallest absolute Gasteiger partial charge is 0.252 e. The second-order valence-electron chi connectivity index (χ2n) is 6.14. The van der Waals surface area contributed by atoms with Crippen molar-refractivity contribution >= 4 is 23.2 Å². The highest BCUT2D eigenvalue weighted by atomic mass is 32.1. The van der Waals surface area contributed by atoms with Crippen LogP contribution in [0.3, 0.4) is 0 Å². The van der Waals surface area contributed by atoms with E-state index in [9.17, 15) is 9.59 Å². The number of rotatable bonds is 4. The molecule has 3 rings (SSSR count). The lowest BCUT2D eigenvalue weighted by molar-refractivity contribution is -0.143. The van der Waals surface area contributed by atoms with Crippen molar-refractivity contribution in [3.63, 3.8) is 0 Å². The summed E-state index contributed by atoms with van der Waals surface area (Å²) in [5.74, 6) is 0.0458. The van der Waals surface area contributed by atoms with Gasteiger partial charge in [0.1, 0.15) is 6.10 Å². The normalized spacial score (nSPS) is 25.5. The molecule has 126 valence electrons. The molecule has 6 nitrogen and oxygen atoms in total. The van der Waals surface area contributed by atoms with Crippen molar-refractivity contribution in [2.45, 2.75) is 43.9 Å². The van der Waals surface area contributed by atoms with Crippen molar-refractivity contribution < 1.29 is 14.3 Å². The fourth-order valence-corrected chi connectivity index (χ4v) is 3.81. The van der Waals surface area contributed by atoms with Crippen LogP contribution in [0.1, 0.15) is 36.0 Å². The van der Waals surface area contributed by atoms with E-state index in [1.54, 1.807) is 0 Å². The van der Waals surface area contributed by atoms with Crippen LogP contribution in [0.15, 0.2) is 16.8 Å². The van der Waals surface area contributed by atoms with E-state index in [1.165, 1.54) is 11.3 Å². The molecule has 1 aromatic rings. The Morgan fingerprint density at radius 1 is 1.30 bits per heavy atom. The molecule has 2 aliphatic heterocycles. The number of piperidine rings is 1. The molecule has 1 aromatic heterocycles. The van der Waals surface area contributed by atoms with Gasteiger partial charge in [0.15, 0.2) is 0 Å². The van der Waals surface area contributed by atoms with Crippen LogP contribution >= 0.6 is 11.3 Å². The van der Waals surface area contributed by atoms with Gasteiger partial charge in [-0.2, -0.15) is 11.3 Å². The number of nitrogens with two attached hydrogens (primary N) is 1. The number of likely N-dealkylation sites (tertiary alicyclic amines) is 1. The standard InChI is InChI=1S/C16H23N3O3S/c17-9-13-1-2-14(22-13)16(21)19-6-3-12(4-7-19)18-15(20)11-5-8-23-10-11/h5,8,10,12-14H,1-4,6-7,9,17H2,(H,18,20)/t13-,14+/m1/s1. The molecule has 0 aliphatic carbocycles. The fourth-order valence-electron chi connectivity index (χ4n) is 3.17. The molecule has 7 heteroatoms. The maximum absolute atomic E-state index is 12.5. The van der Waals surface area contributed by atoms with E-state index in [0.717, 1.165) is 25.7 Å². The van der Waals surface area contributed by atoms with Crippen molar-refractivity contribution in [2.24, 2.45) is 5.73 Å². The summed E-state index contributed by atoms with van der Waals surface area (Å²) in [4.78, 5) is 26.4. The molecule has 0 aromatic carbocycles. The fraction of sp³-hybridized carbons (Fsp3) is 0.625. The molecule has 0 unspecified atom stereocenters. The molecule has 3 heterocycles. The van der Waals surface area contributed by atoms with Gasteiger partial charge in [0.2, 0.25) is 0 Å². The zero-order chi connectivity index (χ0) is 16.2. The molecule has 0 bridgehead atoms. The number of carbonyl (C=O) groups is 2. The van der Waals surface area contributed by atoms with Crippen molar-refractivity contribution in [3.05, 3.63) is 22.4 Å². The van der Waals surface area contributed by atoms with Crippen LogP contribution in [0, 0.1) is 0 Å². The Hall–Kier alpha value is -1.44. The highest BCUT2D eigenvalue weighted by Gasteiger charge is 2.34. The predicted octanol–water partition coefficient (Wildman–Crippen LogP) is 0.975. The lowest BCUT2D eigenvalue weighted by Crippen LogP contribution is -2.49. The molecule has 2 atom stereocenters.